The highest BCUT2D eigenvalue weighted by atomic mass is 16.5. The average Bonchev–Trinajstić information content (AvgIpc) is 3.31. The SMILES string of the molecule is COc1cccc(OC[C@@H]2[C@H]3CC[C@H](C3)N2C(=O)Cn2nc(C)ccc2=O)c1. The Morgan fingerprint density at radius 3 is 2.86 bits per heavy atom. The van der Waals surface area contributed by atoms with Crippen LogP contribution in [0, 0.1) is 12.8 Å². The van der Waals surface area contributed by atoms with Crippen molar-refractivity contribution in [2.45, 2.75) is 44.8 Å². The minimum absolute atomic E-state index is 0.0259. The largest absolute Gasteiger partial charge is 0.497 e. The molecule has 3 atom stereocenters. The molecule has 1 aromatic heterocycles. The van der Waals surface area contributed by atoms with Crippen molar-refractivity contribution in [3.05, 3.63) is 52.4 Å². The van der Waals surface area contributed by atoms with Gasteiger partial charge in [-0.25, -0.2) is 4.68 Å². The minimum Gasteiger partial charge on any atom is -0.497 e. The van der Waals surface area contributed by atoms with Crippen LogP contribution in [-0.2, 0) is 11.3 Å². The van der Waals surface area contributed by atoms with E-state index < -0.39 is 0 Å². The molecule has 1 saturated heterocycles. The van der Waals surface area contributed by atoms with Gasteiger partial charge >= 0.3 is 0 Å². The summed E-state index contributed by atoms with van der Waals surface area (Å²) in [5.74, 6) is 1.85. The lowest BCUT2D eigenvalue weighted by molar-refractivity contribution is -0.137. The average molecular weight is 383 g/mol. The Morgan fingerprint density at radius 2 is 2.04 bits per heavy atom. The van der Waals surface area contributed by atoms with E-state index in [1.807, 2.05) is 36.1 Å². The minimum atomic E-state index is -0.257. The number of piperidine rings is 1. The maximum absolute atomic E-state index is 13.0. The first-order valence-electron chi connectivity index (χ1n) is 9.68. The zero-order valence-electron chi connectivity index (χ0n) is 16.2. The van der Waals surface area contributed by atoms with E-state index in [1.54, 1.807) is 13.2 Å². The molecule has 1 aliphatic carbocycles. The number of fused-ring (bicyclic) bond motifs is 2. The summed E-state index contributed by atoms with van der Waals surface area (Å²) in [6.07, 6.45) is 3.14. The lowest BCUT2D eigenvalue weighted by atomic mass is 9.99. The van der Waals surface area contributed by atoms with Crippen LogP contribution in [0.1, 0.15) is 25.0 Å². The highest BCUT2D eigenvalue weighted by Gasteiger charge is 2.48. The number of hydrogen-bond acceptors (Lipinski definition) is 5. The van der Waals surface area contributed by atoms with Crippen molar-refractivity contribution in [1.82, 2.24) is 14.7 Å². The van der Waals surface area contributed by atoms with Gasteiger partial charge in [-0.3, -0.25) is 9.59 Å². The Hall–Kier alpha value is -2.83. The molecule has 0 unspecified atom stereocenters. The number of amides is 1. The molecule has 4 rings (SSSR count). The third kappa shape index (κ3) is 3.61. The number of rotatable bonds is 6. The number of benzene rings is 1. The molecule has 2 fully saturated rings. The fourth-order valence-corrected chi connectivity index (χ4v) is 4.44. The van der Waals surface area contributed by atoms with E-state index in [0.29, 0.717) is 18.2 Å². The van der Waals surface area contributed by atoms with Crippen LogP contribution in [0.25, 0.3) is 0 Å². The van der Waals surface area contributed by atoms with Crippen molar-refractivity contribution in [1.29, 1.82) is 0 Å². The number of nitrogens with zero attached hydrogens (tertiary/aromatic N) is 3. The Balaban J connectivity index is 1.48. The Bertz CT molecular complexity index is 926. The lowest BCUT2D eigenvalue weighted by Crippen LogP contribution is -2.49. The molecule has 2 aromatic rings. The molecule has 7 nitrogen and oxygen atoms in total. The maximum Gasteiger partial charge on any atom is 0.267 e. The van der Waals surface area contributed by atoms with E-state index in [1.165, 1.54) is 10.7 Å². The second-order valence-corrected chi connectivity index (χ2v) is 7.56. The number of carbonyl (C=O) groups is 1. The summed E-state index contributed by atoms with van der Waals surface area (Å²) >= 11 is 0. The highest BCUT2D eigenvalue weighted by molar-refractivity contribution is 5.77. The molecule has 1 amide bonds. The number of carbonyl (C=O) groups excluding carboxylic acids is 1. The summed E-state index contributed by atoms with van der Waals surface area (Å²) in [6, 6.07) is 10.9. The molecule has 0 radical (unpaired) electrons. The lowest BCUT2D eigenvalue weighted by Gasteiger charge is -2.35. The molecule has 2 bridgehead atoms. The topological polar surface area (TPSA) is 73.7 Å². The fraction of sp³-hybridized carbons (Fsp3) is 0.476. The molecule has 148 valence electrons. The van der Waals surface area contributed by atoms with Gasteiger partial charge in [-0.05, 0) is 50.3 Å². The van der Waals surface area contributed by atoms with Crippen LogP contribution >= 0.6 is 0 Å². The smallest absolute Gasteiger partial charge is 0.267 e. The fourth-order valence-electron chi connectivity index (χ4n) is 4.44. The summed E-state index contributed by atoms with van der Waals surface area (Å²) in [5.41, 5.74) is 0.459. The first-order valence-corrected chi connectivity index (χ1v) is 9.68. The van der Waals surface area contributed by atoms with Gasteiger partial charge in [0.05, 0.1) is 18.8 Å². The first-order chi connectivity index (χ1) is 13.5. The molecule has 1 saturated carbocycles. The molecule has 28 heavy (non-hydrogen) atoms. The van der Waals surface area contributed by atoms with E-state index in [0.717, 1.165) is 30.8 Å². The van der Waals surface area contributed by atoms with Crippen molar-refractivity contribution in [2.75, 3.05) is 13.7 Å². The summed E-state index contributed by atoms with van der Waals surface area (Å²) in [6.45, 7) is 2.22. The quantitative estimate of drug-likeness (QED) is 0.763. The molecule has 2 heterocycles. The summed E-state index contributed by atoms with van der Waals surface area (Å²) in [4.78, 5) is 27.0. The molecule has 0 N–H and O–H groups in total. The Morgan fingerprint density at radius 1 is 1.21 bits per heavy atom. The van der Waals surface area contributed by atoms with Crippen molar-refractivity contribution in [2.24, 2.45) is 5.92 Å². The molecular weight excluding hydrogens is 358 g/mol. The summed E-state index contributed by atoms with van der Waals surface area (Å²) in [7, 11) is 1.62. The molecule has 0 spiro atoms. The summed E-state index contributed by atoms with van der Waals surface area (Å²) < 4.78 is 12.5. The normalized spacial score (nSPS) is 23.1. The van der Waals surface area contributed by atoms with E-state index in [4.69, 9.17) is 9.47 Å². The zero-order chi connectivity index (χ0) is 19.7. The third-order valence-electron chi connectivity index (χ3n) is 5.78. The van der Waals surface area contributed by atoms with Gasteiger partial charge in [-0.15, -0.1) is 0 Å². The number of aromatic nitrogens is 2. The maximum atomic E-state index is 13.0. The van der Waals surface area contributed by atoms with Crippen LogP contribution in [0.3, 0.4) is 0 Å². The molecular formula is C21H25N3O4. The monoisotopic (exact) mass is 383 g/mol. The van der Waals surface area contributed by atoms with Crippen molar-refractivity contribution >= 4 is 5.91 Å². The van der Waals surface area contributed by atoms with Crippen LogP contribution in [0.4, 0.5) is 0 Å². The van der Waals surface area contributed by atoms with Gasteiger partial charge in [0.2, 0.25) is 5.91 Å². The van der Waals surface area contributed by atoms with Gasteiger partial charge in [-0.2, -0.15) is 5.10 Å². The molecule has 1 aromatic carbocycles. The molecule has 2 aliphatic rings. The zero-order valence-corrected chi connectivity index (χ0v) is 16.2. The Labute approximate surface area is 163 Å². The van der Waals surface area contributed by atoms with Crippen LogP contribution in [-0.4, -0.2) is 46.4 Å². The van der Waals surface area contributed by atoms with Crippen LogP contribution < -0.4 is 15.0 Å². The van der Waals surface area contributed by atoms with Crippen LogP contribution in [0.5, 0.6) is 11.5 Å². The van der Waals surface area contributed by atoms with E-state index in [2.05, 4.69) is 5.10 Å². The van der Waals surface area contributed by atoms with Gasteiger partial charge in [0.15, 0.2) is 0 Å². The highest BCUT2D eigenvalue weighted by Crippen LogP contribution is 2.42. The van der Waals surface area contributed by atoms with E-state index >= 15 is 0 Å². The number of ether oxygens (including phenoxy) is 2. The second-order valence-electron chi connectivity index (χ2n) is 7.56. The van der Waals surface area contributed by atoms with Gasteiger partial charge in [0, 0.05) is 18.2 Å². The van der Waals surface area contributed by atoms with Gasteiger partial charge in [-0.1, -0.05) is 6.07 Å². The van der Waals surface area contributed by atoms with Crippen molar-refractivity contribution < 1.29 is 14.3 Å². The van der Waals surface area contributed by atoms with Crippen LogP contribution in [0.15, 0.2) is 41.2 Å². The second kappa shape index (κ2) is 7.66. The number of likely N-dealkylation sites (tertiary alicyclic amines) is 1. The van der Waals surface area contributed by atoms with Gasteiger partial charge < -0.3 is 14.4 Å². The van der Waals surface area contributed by atoms with Crippen molar-refractivity contribution in [3.63, 3.8) is 0 Å². The first kappa shape index (κ1) is 18.5. The van der Waals surface area contributed by atoms with Gasteiger partial charge in [0.25, 0.3) is 5.56 Å². The van der Waals surface area contributed by atoms with Gasteiger partial charge in [0.1, 0.15) is 24.7 Å². The summed E-state index contributed by atoms with van der Waals surface area (Å²) in [5, 5.41) is 4.20. The predicted octanol–water partition coefficient (Wildman–Crippen LogP) is 2.02. The number of methoxy groups -OCH3 is 1. The number of aryl methyl sites for hydroxylation is 1. The molecule has 1 aliphatic heterocycles. The number of hydrogen-bond donors (Lipinski definition) is 0. The standard InChI is InChI=1S/C21H25N3O4/c1-14-6-9-20(25)23(22-14)12-21(26)24-16-8-7-15(10-16)19(24)13-28-18-5-3-4-17(11-18)27-2/h3-6,9,11,15-16,19H,7-8,10,12-13H2,1-2H3/t15-,16+,19+/m0/s1. The molecule has 7 heteroatoms. The van der Waals surface area contributed by atoms with Crippen molar-refractivity contribution in [3.8, 4) is 11.5 Å². The third-order valence-corrected chi connectivity index (χ3v) is 5.78. The predicted molar refractivity (Wildman–Crippen MR) is 103 cm³/mol. The van der Waals surface area contributed by atoms with E-state index in [9.17, 15) is 9.59 Å². The van der Waals surface area contributed by atoms with E-state index in [-0.39, 0.29) is 30.1 Å². The Kier molecular flexibility index (Phi) is 5.07. The van der Waals surface area contributed by atoms with Crippen LogP contribution in [0.2, 0.25) is 0 Å².